The van der Waals surface area contributed by atoms with E-state index in [9.17, 15) is 14.4 Å². The second kappa shape index (κ2) is 56.9. The minimum atomic E-state index is -0.774. The molecule has 6 heteroatoms. The van der Waals surface area contributed by atoms with Crippen LogP contribution in [0, 0.1) is 0 Å². The van der Waals surface area contributed by atoms with E-state index in [1.54, 1.807) is 0 Å². The summed E-state index contributed by atoms with van der Waals surface area (Å²) in [5.41, 5.74) is 0. The maximum Gasteiger partial charge on any atom is 0.306 e. The molecule has 1 atom stereocenters. The number of rotatable bonds is 51. The van der Waals surface area contributed by atoms with Crippen molar-refractivity contribution >= 4 is 17.9 Å². The van der Waals surface area contributed by atoms with Crippen molar-refractivity contribution in [3.8, 4) is 0 Å². The van der Waals surface area contributed by atoms with Crippen LogP contribution in [0.2, 0.25) is 0 Å². The van der Waals surface area contributed by atoms with Crippen LogP contribution in [0.1, 0.15) is 265 Å². The Bertz CT molecular complexity index is 1380. The molecule has 6 nitrogen and oxygen atoms in total. The van der Waals surface area contributed by atoms with E-state index < -0.39 is 6.10 Å². The lowest BCUT2D eigenvalue weighted by Crippen LogP contribution is -2.30. The number of carbonyl (C=O) groups excluding carboxylic acids is 3. The maximum absolute atomic E-state index is 12.7. The molecule has 0 bridgehead atoms. The van der Waals surface area contributed by atoms with Crippen molar-refractivity contribution in [1.82, 2.24) is 0 Å². The number of hydrogen-bond acceptors (Lipinski definition) is 6. The molecule has 0 aliphatic rings. The van der Waals surface area contributed by atoms with Gasteiger partial charge in [-0.25, -0.2) is 0 Å². The quantitative estimate of drug-likeness (QED) is 0.0262. The van der Waals surface area contributed by atoms with Crippen LogP contribution >= 0.6 is 0 Å². The zero-order valence-electron chi connectivity index (χ0n) is 45.0. The summed E-state index contributed by atoms with van der Waals surface area (Å²) in [4.78, 5) is 37.8. The lowest BCUT2D eigenvalue weighted by molar-refractivity contribution is -0.167. The number of hydrogen-bond donors (Lipinski definition) is 0. The summed E-state index contributed by atoms with van der Waals surface area (Å²) in [5.74, 6) is -0.891. The Morgan fingerprint density at radius 1 is 0.304 bits per heavy atom. The number of ether oxygens (including phenoxy) is 3. The van der Waals surface area contributed by atoms with Crippen molar-refractivity contribution in [2.24, 2.45) is 0 Å². The van der Waals surface area contributed by atoms with Gasteiger partial charge in [-0.1, -0.05) is 259 Å². The van der Waals surface area contributed by atoms with Crippen LogP contribution in [-0.2, 0) is 28.6 Å². The van der Waals surface area contributed by atoms with Crippen LogP contribution in [0.3, 0.4) is 0 Å². The fraction of sp³-hybridized carbons (Fsp3) is 0.698. The zero-order chi connectivity index (χ0) is 50.0. The van der Waals surface area contributed by atoms with Crippen LogP contribution < -0.4 is 0 Å². The Morgan fingerprint density at radius 3 is 0.884 bits per heavy atom. The molecule has 394 valence electrons. The predicted octanol–water partition coefficient (Wildman–Crippen LogP) is 19.3. The van der Waals surface area contributed by atoms with Crippen LogP contribution in [0.15, 0.2) is 97.2 Å². The third-order valence-corrected chi connectivity index (χ3v) is 12.1. The van der Waals surface area contributed by atoms with Gasteiger partial charge in [0.2, 0.25) is 0 Å². The minimum Gasteiger partial charge on any atom is -0.462 e. The highest BCUT2D eigenvalue weighted by molar-refractivity contribution is 5.71. The Morgan fingerprint density at radius 2 is 0.565 bits per heavy atom. The average molecular weight is 960 g/mol. The van der Waals surface area contributed by atoms with E-state index in [1.165, 1.54) is 109 Å². The standard InChI is InChI=1S/C63H106O6/c1-4-7-10-13-16-18-20-21-22-23-24-25-26-27-28-29-30-31-32-33-34-35-36-37-38-39-40-41-43-44-47-50-53-56-62(65)68-59-60(58-67-61(64)55-52-49-46-15-12-9-6-3)69-63(66)57-54-51-48-45-42-19-17-14-11-8-5-2/h7,10,16,18,21-22,24-25,27-28,30-31,33-34,36-37,60H,4-6,8-9,11-15,17,19-20,23,26,29,32,35,38-59H2,1-3H3/b10-7-,18-16-,22-21-,25-24-,28-27-,31-30-,34-33-,37-36-. The smallest absolute Gasteiger partial charge is 0.306 e. The second-order valence-electron chi connectivity index (χ2n) is 18.8. The molecule has 0 aliphatic heterocycles. The summed E-state index contributed by atoms with van der Waals surface area (Å²) in [6.45, 7) is 6.47. The first-order valence-corrected chi connectivity index (χ1v) is 28.7. The molecule has 0 aromatic carbocycles. The lowest BCUT2D eigenvalue weighted by Gasteiger charge is -2.18. The van der Waals surface area contributed by atoms with Crippen LogP contribution in [0.4, 0.5) is 0 Å². The monoisotopic (exact) mass is 959 g/mol. The summed E-state index contributed by atoms with van der Waals surface area (Å²) in [7, 11) is 0. The number of unbranched alkanes of at least 4 members (excludes halogenated alkanes) is 24. The SMILES string of the molecule is CC/C=C\C/C=C\C/C=C\C/C=C\C/C=C\C/C=C\C/C=C\C/C=C\CCCCCCCCCCC(=O)OCC(COC(=O)CCCCCCCCC)OC(=O)CCCCCCCCCCCCC. The third-order valence-electron chi connectivity index (χ3n) is 12.1. The van der Waals surface area contributed by atoms with Crippen molar-refractivity contribution in [3.63, 3.8) is 0 Å². The van der Waals surface area contributed by atoms with Gasteiger partial charge in [-0.05, 0) is 83.5 Å². The fourth-order valence-electron chi connectivity index (χ4n) is 7.81. The molecule has 0 N–H and O–H groups in total. The molecule has 1 unspecified atom stereocenters. The van der Waals surface area contributed by atoms with E-state index in [2.05, 4.69) is 118 Å². The van der Waals surface area contributed by atoms with Crippen molar-refractivity contribution in [2.75, 3.05) is 13.2 Å². The van der Waals surface area contributed by atoms with Crippen molar-refractivity contribution in [1.29, 1.82) is 0 Å². The van der Waals surface area contributed by atoms with Gasteiger partial charge < -0.3 is 14.2 Å². The Balaban J connectivity index is 4.08. The van der Waals surface area contributed by atoms with Gasteiger partial charge in [-0.3, -0.25) is 14.4 Å². The van der Waals surface area contributed by atoms with E-state index in [4.69, 9.17) is 14.2 Å². The minimum absolute atomic E-state index is 0.0768. The largest absolute Gasteiger partial charge is 0.462 e. The Labute approximate surface area is 426 Å². The van der Waals surface area contributed by atoms with Gasteiger partial charge in [0, 0.05) is 19.3 Å². The zero-order valence-corrected chi connectivity index (χ0v) is 45.0. The fourth-order valence-corrected chi connectivity index (χ4v) is 7.81. The van der Waals surface area contributed by atoms with Crippen LogP contribution in [0.25, 0.3) is 0 Å². The Kier molecular flexibility index (Phi) is 53.9. The van der Waals surface area contributed by atoms with Crippen molar-refractivity contribution in [2.45, 2.75) is 271 Å². The predicted molar refractivity (Wildman–Crippen MR) is 297 cm³/mol. The van der Waals surface area contributed by atoms with E-state index in [0.29, 0.717) is 19.3 Å². The van der Waals surface area contributed by atoms with E-state index >= 15 is 0 Å². The molecule has 0 radical (unpaired) electrons. The van der Waals surface area contributed by atoms with Crippen LogP contribution in [0.5, 0.6) is 0 Å². The normalized spacial score (nSPS) is 12.8. The van der Waals surface area contributed by atoms with E-state index in [-0.39, 0.29) is 31.1 Å². The topological polar surface area (TPSA) is 78.9 Å². The lowest BCUT2D eigenvalue weighted by atomic mass is 10.1. The average Bonchev–Trinajstić information content (AvgIpc) is 3.35. The van der Waals surface area contributed by atoms with Crippen molar-refractivity contribution < 1.29 is 28.6 Å². The van der Waals surface area contributed by atoms with E-state index in [1.807, 2.05) is 0 Å². The van der Waals surface area contributed by atoms with Crippen molar-refractivity contribution in [3.05, 3.63) is 97.2 Å². The molecule has 0 rings (SSSR count). The molecule has 0 aromatic heterocycles. The molecule has 0 fully saturated rings. The van der Waals surface area contributed by atoms with Gasteiger partial charge in [0.05, 0.1) is 0 Å². The van der Waals surface area contributed by atoms with Gasteiger partial charge in [0.1, 0.15) is 13.2 Å². The van der Waals surface area contributed by atoms with Crippen LogP contribution in [-0.4, -0.2) is 37.2 Å². The molecule has 69 heavy (non-hydrogen) atoms. The van der Waals surface area contributed by atoms with Gasteiger partial charge in [-0.2, -0.15) is 0 Å². The maximum atomic E-state index is 12.7. The summed E-state index contributed by atoms with van der Waals surface area (Å²) in [5, 5.41) is 0. The molecular formula is C63H106O6. The molecule has 0 saturated heterocycles. The summed E-state index contributed by atoms with van der Waals surface area (Å²) >= 11 is 0. The number of esters is 3. The first-order chi connectivity index (χ1) is 34.0. The molecule has 0 amide bonds. The van der Waals surface area contributed by atoms with Gasteiger partial charge in [0.25, 0.3) is 0 Å². The molecule has 0 heterocycles. The van der Waals surface area contributed by atoms with Gasteiger partial charge >= 0.3 is 17.9 Å². The highest BCUT2D eigenvalue weighted by atomic mass is 16.6. The first kappa shape index (κ1) is 65.3. The summed E-state index contributed by atoms with van der Waals surface area (Å²) in [6, 6.07) is 0. The molecular weight excluding hydrogens is 853 g/mol. The second-order valence-corrected chi connectivity index (χ2v) is 18.8. The highest BCUT2D eigenvalue weighted by Gasteiger charge is 2.19. The Hall–Kier alpha value is -3.67. The number of allylic oxidation sites excluding steroid dienone is 16. The summed E-state index contributed by atoms with van der Waals surface area (Å²) in [6.07, 6.45) is 75.7. The third kappa shape index (κ3) is 55.1. The summed E-state index contributed by atoms with van der Waals surface area (Å²) < 4.78 is 16.7. The van der Waals surface area contributed by atoms with E-state index in [0.717, 1.165) is 116 Å². The molecule has 0 spiro atoms. The van der Waals surface area contributed by atoms with Gasteiger partial charge in [0.15, 0.2) is 6.10 Å². The van der Waals surface area contributed by atoms with Gasteiger partial charge in [-0.15, -0.1) is 0 Å². The molecule has 0 aromatic rings. The number of carbonyl (C=O) groups is 3. The highest BCUT2D eigenvalue weighted by Crippen LogP contribution is 2.15. The molecule has 0 saturated carbocycles. The first-order valence-electron chi connectivity index (χ1n) is 28.7. The molecule has 0 aliphatic carbocycles.